The molecule has 130 valence electrons. The van der Waals surface area contributed by atoms with E-state index in [-0.39, 0.29) is 6.04 Å². The second kappa shape index (κ2) is 8.60. The highest BCUT2D eigenvalue weighted by molar-refractivity contribution is 5.55. The van der Waals surface area contributed by atoms with Gasteiger partial charge in [0.2, 0.25) is 5.75 Å². The molecule has 0 spiro atoms. The highest BCUT2D eigenvalue weighted by Gasteiger charge is 2.19. The molecule has 0 fully saturated rings. The van der Waals surface area contributed by atoms with Crippen molar-refractivity contribution in [2.24, 2.45) is 5.92 Å². The Labute approximate surface area is 144 Å². The summed E-state index contributed by atoms with van der Waals surface area (Å²) in [6, 6.07) is 14.7. The summed E-state index contributed by atoms with van der Waals surface area (Å²) in [6.45, 7) is 5.12. The van der Waals surface area contributed by atoms with E-state index in [9.17, 15) is 0 Å². The first kappa shape index (κ1) is 18.1. The van der Waals surface area contributed by atoms with Gasteiger partial charge in [-0.25, -0.2) is 0 Å². The Balaban J connectivity index is 2.24. The lowest BCUT2D eigenvalue weighted by molar-refractivity contribution is 0.320. The maximum atomic E-state index is 5.56. The normalized spacial score (nSPS) is 12.1. The molecule has 0 aromatic heterocycles. The molecule has 0 saturated carbocycles. The van der Waals surface area contributed by atoms with E-state index in [1.807, 2.05) is 18.2 Å². The van der Waals surface area contributed by atoms with Gasteiger partial charge in [0.1, 0.15) is 0 Å². The Morgan fingerprint density at radius 3 is 2.04 bits per heavy atom. The zero-order valence-corrected chi connectivity index (χ0v) is 15.1. The van der Waals surface area contributed by atoms with Crippen molar-refractivity contribution >= 4 is 0 Å². The van der Waals surface area contributed by atoms with Gasteiger partial charge in [-0.05, 0) is 17.5 Å². The van der Waals surface area contributed by atoms with Gasteiger partial charge in [0.25, 0.3) is 0 Å². The van der Waals surface area contributed by atoms with Crippen LogP contribution in [0.3, 0.4) is 0 Å². The minimum atomic E-state index is 0.268. The minimum absolute atomic E-state index is 0.268. The lowest BCUT2D eigenvalue weighted by Crippen LogP contribution is -2.25. The van der Waals surface area contributed by atoms with E-state index in [1.54, 1.807) is 21.3 Å². The van der Waals surface area contributed by atoms with E-state index in [2.05, 4.69) is 43.4 Å². The molecule has 24 heavy (non-hydrogen) atoms. The first-order chi connectivity index (χ1) is 11.6. The van der Waals surface area contributed by atoms with E-state index >= 15 is 0 Å². The molecule has 0 aliphatic carbocycles. The molecule has 0 aliphatic heterocycles. The SMILES string of the molecule is COc1ccc(CNC(c2ccccc2)C(C)C)c(OC)c1OC. The van der Waals surface area contributed by atoms with Gasteiger partial charge in [0.15, 0.2) is 11.5 Å². The number of rotatable bonds is 8. The van der Waals surface area contributed by atoms with Crippen LogP contribution in [-0.4, -0.2) is 21.3 Å². The molecule has 2 rings (SSSR count). The number of nitrogens with one attached hydrogen (secondary N) is 1. The molecule has 0 heterocycles. The van der Waals surface area contributed by atoms with Crippen molar-refractivity contribution in [3.05, 3.63) is 53.6 Å². The van der Waals surface area contributed by atoms with Crippen molar-refractivity contribution < 1.29 is 14.2 Å². The summed E-state index contributed by atoms with van der Waals surface area (Å²) in [6.07, 6.45) is 0. The van der Waals surface area contributed by atoms with E-state index in [4.69, 9.17) is 14.2 Å². The zero-order valence-electron chi connectivity index (χ0n) is 15.1. The number of ether oxygens (including phenoxy) is 3. The molecule has 1 unspecified atom stereocenters. The zero-order chi connectivity index (χ0) is 17.5. The van der Waals surface area contributed by atoms with Crippen molar-refractivity contribution in [1.82, 2.24) is 5.32 Å². The highest BCUT2D eigenvalue weighted by Crippen LogP contribution is 2.40. The molecule has 4 heteroatoms. The Morgan fingerprint density at radius 1 is 0.833 bits per heavy atom. The summed E-state index contributed by atoms with van der Waals surface area (Å²) < 4.78 is 16.4. The first-order valence-electron chi connectivity index (χ1n) is 8.18. The molecule has 0 aliphatic rings. The first-order valence-corrected chi connectivity index (χ1v) is 8.18. The van der Waals surface area contributed by atoms with Gasteiger partial charge in [-0.1, -0.05) is 50.2 Å². The van der Waals surface area contributed by atoms with Crippen LogP contribution in [0.1, 0.15) is 31.0 Å². The monoisotopic (exact) mass is 329 g/mol. The summed E-state index contributed by atoms with van der Waals surface area (Å²) in [5.74, 6) is 2.47. The smallest absolute Gasteiger partial charge is 0.203 e. The summed E-state index contributed by atoms with van der Waals surface area (Å²) in [5, 5.41) is 3.64. The minimum Gasteiger partial charge on any atom is -0.493 e. The summed E-state index contributed by atoms with van der Waals surface area (Å²) >= 11 is 0. The fourth-order valence-corrected chi connectivity index (χ4v) is 2.92. The molecule has 1 atom stereocenters. The summed E-state index contributed by atoms with van der Waals surface area (Å²) in [5.41, 5.74) is 2.32. The van der Waals surface area contributed by atoms with E-state index < -0.39 is 0 Å². The van der Waals surface area contributed by atoms with Gasteiger partial charge in [0.05, 0.1) is 21.3 Å². The Bertz CT molecular complexity index is 641. The van der Waals surface area contributed by atoms with Gasteiger partial charge in [-0.15, -0.1) is 0 Å². The maximum absolute atomic E-state index is 5.56. The van der Waals surface area contributed by atoms with Crippen LogP contribution in [0.25, 0.3) is 0 Å². The average molecular weight is 329 g/mol. The standard InChI is InChI=1S/C20H27NO3/c1-14(2)18(15-9-7-6-8-10-15)21-13-16-11-12-17(22-3)20(24-5)19(16)23-4/h6-12,14,18,21H,13H2,1-5H3. The fraction of sp³-hybridized carbons (Fsp3) is 0.400. The van der Waals surface area contributed by atoms with Crippen molar-refractivity contribution in [3.63, 3.8) is 0 Å². The van der Waals surface area contributed by atoms with Crippen molar-refractivity contribution in [2.75, 3.05) is 21.3 Å². The molecule has 0 saturated heterocycles. The Hall–Kier alpha value is -2.20. The van der Waals surface area contributed by atoms with Gasteiger partial charge in [-0.2, -0.15) is 0 Å². The number of hydrogen-bond donors (Lipinski definition) is 1. The molecular formula is C20H27NO3. The summed E-state index contributed by atoms with van der Waals surface area (Å²) in [7, 11) is 4.90. The molecule has 1 N–H and O–H groups in total. The van der Waals surface area contributed by atoms with Crippen molar-refractivity contribution in [3.8, 4) is 17.2 Å². The Kier molecular flexibility index (Phi) is 6.50. The van der Waals surface area contributed by atoms with Crippen LogP contribution in [0.2, 0.25) is 0 Å². The predicted octanol–water partition coefficient (Wildman–Crippen LogP) is 4.20. The maximum Gasteiger partial charge on any atom is 0.203 e. The molecule has 0 bridgehead atoms. The lowest BCUT2D eigenvalue weighted by atomic mass is 9.96. The number of methoxy groups -OCH3 is 3. The summed E-state index contributed by atoms with van der Waals surface area (Å²) in [4.78, 5) is 0. The van der Waals surface area contributed by atoms with Crippen LogP contribution in [0.15, 0.2) is 42.5 Å². The second-order valence-corrected chi connectivity index (χ2v) is 6.01. The molecule has 2 aromatic carbocycles. The van der Waals surface area contributed by atoms with Gasteiger partial charge >= 0.3 is 0 Å². The number of benzene rings is 2. The molecular weight excluding hydrogens is 302 g/mol. The van der Waals surface area contributed by atoms with Crippen LogP contribution in [0.5, 0.6) is 17.2 Å². The van der Waals surface area contributed by atoms with Crippen LogP contribution < -0.4 is 19.5 Å². The molecule has 0 amide bonds. The predicted molar refractivity (Wildman–Crippen MR) is 97.0 cm³/mol. The highest BCUT2D eigenvalue weighted by atomic mass is 16.5. The lowest BCUT2D eigenvalue weighted by Gasteiger charge is -2.24. The van der Waals surface area contributed by atoms with Crippen molar-refractivity contribution in [1.29, 1.82) is 0 Å². The quantitative estimate of drug-likeness (QED) is 0.788. The molecule has 0 radical (unpaired) electrons. The van der Waals surface area contributed by atoms with Crippen LogP contribution in [0.4, 0.5) is 0 Å². The van der Waals surface area contributed by atoms with E-state index in [0.29, 0.717) is 29.7 Å². The third-order valence-corrected chi connectivity index (χ3v) is 4.12. The molecule has 2 aromatic rings. The molecule has 4 nitrogen and oxygen atoms in total. The Morgan fingerprint density at radius 2 is 1.50 bits per heavy atom. The van der Waals surface area contributed by atoms with Crippen LogP contribution in [0, 0.1) is 5.92 Å². The van der Waals surface area contributed by atoms with Crippen molar-refractivity contribution in [2.45, 2.75) is 26.4 Å². The van der Waals surface area contributed by atoms with Crippen LogP contribution in [-0.2, 0) is 6.54 Å². The largest absolute Gasteiger partial charge is 0.493 e. The fourth-order valence-electron chi connectivity index (χ4n) is 2.92. The van der Waals surface area contributed by atoms with Gasteiger partial charge in [-0.3, -0.25) is 0 Å². The topological polar surface area (TPSA) is 39.7 Å². The second-order valence-electron chi connectivity index (χ2n) is 6.01. The third-order valence-electron chi connectivity index (χ3n) is 4.12. The van der Waals surface area contributed by atoms with E-state index in [0.717, 1.165) is 5.56 Å². The third kappa shape index (κ3) is 4.01. The average Bonchev–Trinajstić information content (AvgIpc) is 2.61. The van der Waals surface area contributed by atoms with E-state index in [1.165, 1.54) is 5.56 Å². The van der Waals surface area contributed by atoms with Gasteiger partial charge < -0.3 is 19.5 Å². The van der Waals surface area contributed by atoms with Crippen LogP contribution >= 0.6 is 0 Å². The van der Waals surface area contributed by atoms with Gasteiger partial charge in [0, 0.05) is 18.2 Å². The number of hydrogen-bond acceptors (Lipinski definition) is 4.